The van der Waals surface area contributed by atoms with Crippen LogP contribution in [0.25, 0.3) is 0 Å². The highest BCUT2D eigenvalue weighted by atomic mass is 16.7. The summed E-state index contributed by atoms with van der Waals surface area (Å²) in [5.74, 6) is -6.89. The number of ketones is 1. The Morgan fingerprint density at radius 3 is 2.65 bits per heavy atom. The van der Waals surface area contributed by atoms with Crippen LogP contribution in [-0.2, 0) is 28.6 Å². The molecule has 188 valence electrons. The molecule has 9 nitrogen and oxygen atoms in total. The molecular formula is C25H34O9. The molecule has 0 aromatic heterocycles. The number of fused-ring (bicyclic) bond motifs is 1. The average molecular weight is 479 g/mol. The van der Waals surface area contributed by atoms with E-state index in [4.69, 9.17) is 14.2 Å². The zero-order valence-electron chi connectivity index (χ0n) is 20.2. The molecule has 0 amide bonds. The van der Waals surface area contributed by atoms with Crippen LogP contribution in [0, 0.1) is 40.4 Å². The van der Waals surface area contributed by atoms with Crippen LogP contribution in [0.15, 0.2) is 11.6 Å². The van der Waals surface area contributed by atoms with Gasteiger partial charge in [-0.3, -0.25) is 9.59 Å². The van der Waals surface area contributed by atoms with Crippen molar-refractivity contribution in [3.05, 3.63) is 11.6 Å². The van der Waals surface area contributed by atoms with E-state index in [9.17, 15) is 29.7 Å². The van der Waals surface area contributed by atoms with Gasteiger partial charge in [0.05, 0.1) is 12.5 Å². The number of ether oxygens (including phenoxy) is 3. The van der Waals surface area contributed by atoms with E-state index in [2.05, 4.69) is 0 Å². The SMILES string of the molecule is CCC(C)C(=O)O[C@H]1C(=O)O[C@@H]2C[C@H]3C(C)=CC(=O)[C@@H](O)[C@]3(C)[C@H]3C4(O)OC[C@]32[C@@H]1[C@@H](C)[C@H]4O. The van der Waals surface area contributed by atoms with Gasteiger partial charge in [-0.2, -0.15) is 0 Å². The van der Waals surface area contributed by atoms with Crippen LogP contribution in [0.5, 0.6) is 0 Å². The maximum atomic E-state index is 13.2. The molecule has 3 N–H and O–H groups in total. The van der Waals surface area contributed by atoms with Crippen molar-refractivity contribution in [2.24, 2.45) is 40.4 Å². The summed E-state index contributed by atoms with van der Waals surface area (Å²) >= 11 is 0. The van der Waals surface area contributed by atoms with Crippen molar-refractivity contribution >= 4 is 17.7 Å². The number of carbonyl (C=O) groups excluding carboxylic acids is 3. The molecular weight excluding hydrogens is 444 g/mol. The van der Waals surface area contributed by atoms with E-state index in [1.165, 1.54) is 6.08 Å². The lowest BCUT2D eigenvalue weighted by atomic mass is 9.38. The Bertz CT molecular complexity index is 975. The molecule has 4 fully saturated rings. The Kier molecular flexibility index (Phi) is 5.17. The number of esters is 2. The maximum absolute atomic E-state index is 13.2. The first-order valence-electron chi connectivity index (χ1n) is 12.2. The van der Waals surface area contributed by atoms with Crippen molar-refractivity contribution < 1.29 is 43.9 Å². The quantitative estimate of drug-likeness (QED) is 0.501. The van der Waals surface area contributed by atoms with Gasteiger partial charge in [-0.05, 0) is 37.7 Å². The second kappa shape index (κ2) is 7.35. The molecule has 12 atom stereocenters. The normalized spacial score (nSPS) is 52.2. The Hall–Kier alpha value is -1.81. The molecule has 5 aliphatic rings. The molecule has 5 rings (SSSR count). The molecule has 2 bridgehead atoms. The summed E-state index contributed by atoms with van der Waals surface area (Å²) in [6.07, 6.45) is -2.58. The molecule has 0 radical (unpaired) electrons. The molecule has 1 spiro atoms. The maximum Gasteiger partial charge on any atom is 0.348 e. The highest BCUT2D eigenvalue weighted by molar-refractivity contribution is 5.96. The van der Waals surface area contributed by atoms with Gasteiger partial charge in [-0.1, -0.05) is 33.3 Å². The van der Waals surface area contributed by atoms with E-state index in [0.29, 0.717) is 12.8 Å². The highest BCUT2D eigenvalue weighted by Gasteiger charge is 2.83. The fraction of sp³-hybridized carbons (Fsp3) is 0.800. The van der Waals surface area contributed by atoms with Gasteiger partial charge in [0.15, 0.2) is 11.6 Å². The first-order chi connectivity index (χ1) is 15.8. The summed E-state index contributed by atoms with van der Waals surface area (Å²) in [6.45, 7) is 8.74. The van der Waals surface area contributed by atoms with Gasteiger partial charge in [0.1, 0.15) is 18.3 Å². The third-order valence-corrected chi connectivity index (χ3v) is 9.89. The van der Waals surface area contributed by atoms with Crippen LogP contribution in [0.3, 0.4) is 0 Å². The van der Waals surface area contributed by atoms with Crippen molar-refractivity contribution in [1.29, 1.82) is 0 Å². The van der Waals surface area contributed by atoms with E-state index < -0.39 is 82.4 Å². The van der Waals surface area contributed by atoms with Crippen molar-refractivity contribution in [3.8, 4) is 0 Å². The zero-order chi connectivity index (χ0) is 25.0. The van der Waals surface area contributed by atoms with Crippen LogP contribution in [0.1, 0.15) is 47.5 Å². The molecule has 2 unspecified atom stereocenters. The summed E-state index contributed by atoms with van der Waals surface area (Å²) in [7, 11) is 0. The number of aliphatic hydroxyl groups excluding tert-OH is 2. The standard InChI is InChI=1S/C25H34O9/c1-6-10(2)20(29)34-17-16-12(4)18(27)25(31)22-23(5)13(11(3)7-14(26)19(23)28)8-15(33-21(17)30)24(16,22)9-32-25/h7,10,12-13,15-19,22,27-28,31H,6,8-9H2,1-5H3/t10?,12-,13+,15-,16-,17-,18-,19-,22-,23-,24+,25?/m1/s1. The third kappa shape index (κ3) is 2.61. The summed E-state index contributed by atoms with van der Waals surface area (Å²) in [5.41, 5.74) is -1.51. The lowest BCUT2D eigenvalue weighted by molar-refractivity contribution is -0.340. The second-order valence-electron chi connectivity index (χ2n) is 11.4. The monoisotopic (exact) mass is 478 g/mol. The molecule has 0 aromatic rings. The minimum absolute atomic E-state index is 0.0540. The Morgan fingerprint density at radius 2 is 2.00 bits per heavy atom. The van der Waals surface area contributed by atoms with Crippen LogP contribution < -0.4 is 0 Å². The van der Waals surface area contributed by atoms with Crippen molar-refractivity contribution in [3.63, 3.8) is 0 Å². The summed E-state index contributed by atoms with van der Waals surface area (Å²) in [6, 6.07) is 0. The van der Waals surface area contributed by atoms with Crippen LogP contribution >= 0.6 is 0 Å². The fourth-order valence-electron chi connectivity index (χ4n) is 8.14. The van der Waals surface area contributed by atoms with Crippen molar-refractivity contribution in [2.75, 3.05) is 6.61 Å². The van der Waals surface area contributed by atoms with Gasteiger partial charge in [0, 0.05) is 22.7 Å². The van der Waals surface area contributed by atoms with Crippen LogP contribution in [-0.4, -0.2) is 69.9 Å². The van der Waals surface area contributed by atoms with Gasteiger partial charge < -0.3 is 29.5 Å². The smallest absolute Gasteiger partial charge is 0.348 e. The second-order valence-corrected chi connectivity index (χ2v) is 11.4. The Morgan fingerprint density at radius 1 is 1.32 bits per heavy atom. The first kappa shape index (κ1) is 23.9. The van der Waals surface area contributed by atoms with Gasteiger partial charge in [0.2, 0.25) is 6.10 Å². The number of allylic oxidation sites excluding steroid dienone is 1. The van der Waals surface area contributed by atoms with Gasteiger partial charge >= 0.3 is 11.9 Å². The van der Waals surface area contributed by atoms with Gasteiger partial charge in [-0.25, -0.2) is 4.79 Å². The predicted molar refractivity (Wildman–Crippen MR) is 116 cm³/mol. The van der Waals surface area contributed by atoms with E-state index in [1.807, 2.05) is 6.92 Å². The zero-order valence-corrected chi connectivity index (χ0v) is 20.2. The van der Waals surface area contributed by atoms with E-state index in [-0.39, 0.29) is 12.5 Å². The number of hydrogen-bond acceptors (Lipinski definition) is 9. The average Bonchev–Trinajstić information content (AvgIpc) is 3.08. The van der Waals surface area contributed by atoms with Crippen LogP contribution in [0.2, 0.25) is 0 Å². The largest absolute Gasteiger partial charge is 0.459 e. The number of rotatable bonds is 3. The first-order valence-corrected chi connectivity index (χ1v) is 12.2. The Balaban J connectivity index is 1.69. The molecule has 2 heterocycles. The minimum Gasteiger partial charge on any atom is -0.459 e. The fourth-order valence-corrected chi connectivity index (χ4v) is 8.14. The van der Waals surface area contributed by atoms with E-state index in [1.54, 1.807) is 27.7 Å². The van der Waals surface area contributed by atoms with Gasteiger partial charge in [-0.15, -0.1) is 0 Å². The van der Waals surface area contributed by atoms with Crippen molar-refractivity contribution in [2.45, 2.75) is 77.7 Å². The lowest BCUT2D eigenvalue weighted by Crippen LogP contribution is -2.78. The number of aliphatic hydroxyl groups is 3. The summed E-state index contributed by atoms with van der Waals surface area (Å²) in [5, 5.41) is 34.3. The van der Waals surface area contributed by atoms with Crippen LogP contribution in [0.4, 0.5) is 0 Å². The minimum atomic E-state index is -2.06. The molecule has 34 heavy (non-hydrogen) atoms. The van der Waals surface area contributed by atoms with E-state index in [0.717, 1.165) is 5.57 Å². The number of hydrogen-bond donors (Lipinski definition) is 3. The van der Waals surface area contributed by atoms with E-state index >= 15 is 0 Å². The summed E-state index contributed by atoms with van der Waals surface area (Å²) in [4.78, 5) is 38.7. The third-order valence-electron chi connectivity index (χ3n) is 9.89. The molecule has 2 saturated carbocycles. The molecule has 2 aliphatic heterocycles. The van der Waals surface area contributed by atoms with Crippen molar-refractivity contribution in [1.82, 2.24) is 0 Å². The molecule has 2 saturated heterocycles. The highest BCUT2D eigenvalue weighted by Crippen LogP contribution is 2.73. The van der Waals surface area contributed by atoms with Gasteiger partial charge in [0.25, 0.3) is 0 Å². The predicted octanol–water partition coefficient (Wildman–Crippen LogP) is 0.734. The molecule has 0 aromatic carbocycles. The topological polar surface area (TPSA) is 140 Å². The summed E-state index contributed by atoms with van der Waals surface area (Å²) < 4.78 is 17.6. The molecule has 3 aliphatic carbocycles. The number of carbonyl (C=O) groups is 3. The lowest BCUT2D eigenvalue weighted by Gasteiger charge is -2.68. The Labute approximate surface area is 198 Å². The molecule has 9 heteroatoms.